The van der Waals surface area contributed by atoms with Crippen LogP contribution in [0.5, 0.6) is 0 Å². The first-order valence-corrected chi connectivity index (χ1v) is 3.11. The quantitative estimate of drug-likeness (QED) is 0.707. The van der Waals surface area contributed by atoms with E-state index in [9.17, 15) is 4.79 Å². The van der Waals surface area contributed by atoms with Crippen molar-refractivity contribution in [3.8, 4) is 0 Å². The molecule has 0 aliphatic heterocycles. The maximum atomic E-state index is 9.98. The lowest BCUT2D eigenvalue weighted by atomic mass is 10.7. The predicted octanol–water partition coefficient (Wildman–Crippen LogP) is 0.0497. The minimum Gasteiger partial charge on any atom is -0.479 e. The van der Waals surface area contributed by atoms with Crippen molar-refractivity contribution in [1.29, 1.82) is 0 Å². The first-order valence-electron chi connectivity index (χ1n) is 2.74. The Morgan fingerprint density at radius 3 is 3.09 bits per heavy atom. The largest absolute Gasteiger partial charge is 0.479 e. The lowest BCUT2D eigenvalue weighted by Crippen LogP contribution is -2.19. The molecule has 11 heavy (non-hydrogen) atoms. The van der Waals surface area contributed by atoms with Crippen molar-refractivity contribution < 1.29 is 14.7 Å². The molecule has 5 nitrogen and oxygen atoms in total. The first-order chi connectivity index (χ1) is 5.18. The zero-order valence-corrected chi connectivity index (χ0v) is 6.15. The van der Waals surface area contributed by atoms with Crippen LogP contribution >= 0.6 is 11.6 Å². The average molecular weight is 177 g/mol. The van der Waals surface area contributed by atoms with Crippen molar-refractivity contribution in [1.82, 2.24) is 9.94 Å². The van der Waals surface area contributed by atoms with Crippen LogP contribution in [0.1, 0.15) is 0 Å². The topological polar surface area (TPSA) is 64.3 Å². The predicted molar refractivity (Wildman–Crippen MR) is 36.3 cm³/mol. The van der Waals surface area contributed by atoms with Crippen LogP contribution in [0.15, 0.2) is 12.4 Å². The number of halogens is 1. The van der Waals surface area contributed by atoms with Crippen LogP contribution in [0.3, 0.4) is 0 Å². The third-order valence-corrected chi connectivity index (χ3v) is 1.04. The molecule has 0 unspecified atom stereocenters. The van der Waals surface area contributed by atoms with Crippen LogP contribution in [0.25, 0.3) is 0 Å². The minimum atomic E-state index is -1.06. The maximum Gasteiger partial charge on any atom is 0.344 e. The molecule has 1 rings (SSSR count). The molecule has 6 heteroatoms. The van der Waals surface area contributed by atoms with E-state index in [0.29, 0.717) is 5.02 Å². The van der Waals surface area contributed by atoms with E-state index in [2.05, 4.69) is 9.94 Å². The summed E-state index contributed by atoms with van der Waals surface area (Å²) in [5.74, 6) is -1.06. The second-order valence-electron chi connectivity index (χ2n) is 1.73. The zero-order valence-electron chi connectivity index (χ0n) is 5.40. The van der Waals surface area contributed by atoms with E-state index in [1.54, 1.807) is 0 Å². The number of hydrogen-bond donors (Lipinski definition) is 1. The molecule has 0 atom stereocenters. The summed E-state index contributed by atoms with van der Waals surface area (Å²) in [5, 5.41) is 12.2. The van der Waals surface area contributed by atoms with Gasteiger partial charge in [0.05, 0.1) is 17.4 Å². The average Bonchev–Trinajstić information content (AvgIpc) is 2.31. The van der Waals surface area contributed by atoms with Gasteiger partial charge in [-0.05, 0) is 0 Å². The molecular weight excluding hydrogens is 172 g/mol. The van der Waals surface area contributed by atoms with Crippen molar-refractivity contribution in [3.05, 3.63) is 17.4 Å². The van der Waals surface area contributed by atoms with Gasteiger partial charge in [0, 0.05) is 0 Å². The van der Waals surface area contributed by atoms with E-state index in [1.807, 2.05) is 0 Å². The Kier molecular flexibility index (Phi) is 2.32. The SMILES string of the molecule is O=C(O)COn1cc(Cl)cn1. The molecule has 0 aliphatic rings. The van der Waals surface area contributed by atoms with Gasteiger partial charge in [-0.15, -0.1) is 9.94 Å². The monoisotopic (exact) mass is 176 g/mol. The highest BCUT2D eigenvalue weighted by atomic mass is 35.5. The standard InChI is InChI=1S/C5H5ClN2O3/c6-4-1-7-8(2-4)11-3-5(9)10/h1-2H,3H2,(H,9,10). The Hall–Kier alpha value is -1.23. The molecule has 0 bridgehead atoms. The molecule has 0 saturated carbocycles. The number of carboxylic acids is 1. The fourth-order valence-corrected chi connectivity index (χ4v) is 0.603. The molecule has 0 fully saturated rings. The van der Waals surface area contributed by atoms with Gasteiger partial charge >= 0.3 is 5.97 Å². The Bertz CT molecular complexity index is 260. The molecule has 1 N–H and O–H groups in total. The van der Waals surface area contributed by atoms with Crippen molar-refractivity contribution in [2.45, 2.75) is 0 Å². The maximum absolute atomic E-state index is 9.98. The lowest BCUT2D eigenvalue weighted by molar-refractivity contribution is -0.143. The van der Waals surface area contributed by atoms with Gasteiger partial charge < -0.3 is 9.94 Å². The third-order valence-electron chi connectivity index (χ3n) is 0.849. The number of aliphatic carboxylic acids is 1. The van der Waals surface area contributed by atoms with Crippen molar-refractivity contribution >= 4 is 17.6 Å². The summed E-state index contributed by atoms with van der Waals surface area (Å²) in [6, 6.07) is 0. The van der Waals surface area contributed by atoms with Gasteiger partial charge in [0.15, 0.2) is 0 Å². The van der Waals surface area contributed by atoms with Gasteiger partial charge in [-0.3, -0.25) is 0 Å². The molecule has 0 aromatic carbocycles. The molecule has 1 aromatic rings. The molecule has 0 radical (unpaired) electrons. The Labute approximate surface area is 67.1 Å². The number of carbonyl (C=O) groups is 1. The van der Waals surface area contributed by atoms with Crippen molar-refractivity contribution in [3.63, 3.8) is 0 Å². The number of carboxylic acid groups (broad SMARTS) is 1. The third kappa shape index (κ3) is 2.46. The van der Waals surface area contributed by atoms with E-state index in [-0.39, 0.29) is 0 Å². The van der Waals surface area contributed by atoms with Crippen LogP contribution in [0.4, 0.5) is 0 Å². The van der Waals surface area contributed by atoms with Crippen LogP contribution in [0, 0.1) is 0 Å². The van der Waals surface area contributed by atoms with E-state index in [0.717, 1.165) is 4.85 Å². The van der Waals surface area contributed by atoms with Crippen LogP contribution in [-0.4, -0.2) is 27.6 Å². The Morgan fingerprint density at radius 2 is 2.64 bits per heavy atom. The fourth-order valence-electron chi connectivity index (χ4n) is 0.476. The molecule has 0 spiro atoms. The van der Waals surface area contributed by atoms with Crippen LogP contribution in [-0.2, 0) is 4.79 Å². The van der Waals surface area contributed by atoms with E-state index < -0.39 is 12.6 Å². The van der Waals surface area contributed by atoms with Crippen molar-refractivity contribution in [2.75, 3.05) is 6.61 Å². The summed E-state index contributed by atoms with van der Waals surface area (Å²) in [4.78, 5) is 15.6. The number of nitrogens with zero attached hydrogens (tertiary/aromatic N) is 2. The molecule has 60 valence electrons. The molecule has 0 aliphatic carbocycles. The van der Waals surface area contributed by atoms with Crippen LogP contribution in [0.2, 0.25) is 5.02 Å². The highest BCUT2D eigenvalue weighted by Gasteiger charge is 1.98. The Balaban J connectivity index is 2.45. The van der Waals surface area contributed by atoms with Gasteiger partial charge in [-0.25, -0.2) is 4.79 Å². The second-order valence-corrected chi connectivity index (χ2v) is 2.16. The summed E-state index contributed by atoms with van der Waals surface area (Å²) < 4.78 is 0. The van der Waals surface area contributed by atoms with E-state index >= 15 is 0 Å². The highest BCUT2D eigenvalue weighted by molar-refractivity contribution is 6.30. The summed E-state index contributed by atoms with van der Waals surface area (Å²) in [7, 11) is 0. The number of hydrogen-bond acceptors (Lipinski definition) is 3. The molecule has 0 saturated heterocycles. The fraction of sp³-hybridized carbons (Fsp3) is 0.200. The van der Waals surface area contributed by atoms with Gasteiger partial charge in [0.25, 0.3) is 0 Å². The first kappa shape index (κ1) is 7.87. The number of rotatable bonds is 3. The van der Waals surface area contributed by atoms with Gasteiger partial charge in [0.1, 0.15) is 0 Å². The number of aromatic nitrogens is 2. The summed E-state index contributed by atoms with van der Waals surface area (Å²) >= 11 is 5.46. The molecule has 0 amide bonds. The van der Waals surface area contributed by atoms with Gasteiger partial charge in [0.2, 0.25) is 6.61 Å². The molecule has 1 aromatic heterocycles. The molecule has 1 heterocycles. The summed E-state index contributed by atoms with van der Waals surface area (Å²) in [6.07, 6.45) is 2.72. The lowest BCUT2D eigenvalue weighted by Gasteiger charge is -1.98. The summed E-state index contributed by atoms with van der Waals surface area (Å²) in [5.41, 5.74) is 0. The zero-order chi connectivity index (χ0) is 8.27. The van der Waals surface area contributed by atoms with Gasteiger partial charge in [-0.2, -0.15) is 0 Å². The minimum absolute atomic E-state index is 0.399. The Morgan fingerprint density at radius 1 is 1.91 bits per heavy atom. The van der Waals surface area contributed by atoms with E-state index in [1.165, 1.54) is 12.4 Å². The molecular formula is C5H5ClN2O3. The highest BCUT2D eigenvalue weighted by Crippen LogP contribution is 2.02. The normalized spacial score (nSPS) is 9.55. The smallest absolute Gasteiger partial charge is 0.344 e. The second kappa shape index (κ2) is 3.25. The van der Waals surface area contributed by atoms with Crippen molar-refractivity contribution in [2.24, 2.45) is 0 Å². The van der Waals surface area contributed by atoms with E-state index in [4.69, 9.17) is 16.7 Å². The van der Waals surface area contributed by atoms with Crippen LogP contribution < -0.4 is 4.84 Å². The summed E-state index contributed by atoms with van der Waals surface area (Å²) in [6.45, 7) is -0.433. The van der Waals surface area contributed by atoms with Gasteiger partial charge in [-0.1, -0.05) is 11.6 Å².